The molecule has 102 valence electrons. The molecule has 8 nitrogen and oxygen atoms in total. The van der Waals surface area contributed by atoms with E-state index in [0.29, 0.717) is 12.4 Å². The topological polar surface area (TPSA) is 93.0 Å². The molecule has 2 heterocycles. The Kier molecular flexibility index (Phi) is 3.12. The Balaban J connectivity index is 1.66. The third-order valence-electron chi connectivity index (χ3n) is 2.95. The van der Waals surface area contributed by atoms with E-state index >= 15 is 0 Å². The normalized spacial score (nSPS) is 14.7. The van der Waals surface area contributed by atoms with Gasteiger partial charge in [-0.1, -0.05) is 30.3 Å². The molecule has 1 aromatic heterocycles. The molecule has 0 unspecified atom stereocenters. The van der Waals surface area contributed by atoms with Gasteiger partial charge in [0.2, 0.25) is 11.7 Å². The molecule has 3 rings (SSSR count). The average Bonchev–Trinajstić information content (AvgIpc) is 3.06. The molecule has 3 amide bonds. The molecule has 1 aromatic carbocycles. The monoisotopic (exact) mass is 272 g/mol. The number of benzene rings is 1. The molecule has 0 aliphatic carbocycles. The van der Waals surface area contributed by atoms with Crippen LogP contribution < -0.4 is 5.32 Å². The van der Waals surface area contributed by atoms with Crippen molar-refractivity contribution in [1.82, 2.24) is 30.4 Å². The van der Waals surface area contributed by atoms with Gasteiger partial charge in [0.25, 0.3) is 0 Å². The van der Waals surface area contributed by atoms with Gasteiger partial charge in [0, 0.05) is 5.56 Å². The number of nitrogens with one attached hydrogen (secondary N) is 1. The molecule has 8 heteroatoms. The lowest BCUT2D eigenvalue weighted by molar-refractivity contribution is -0.125. The van der Waals surface area contributed by atoms with E-state index in [9.17, 15) is 9.59 Å². The van der Waals surface area contributed by atoms with Crippen molar-refractivity contribution in [3.8, 4) is 11.4 Å². The van der Waals surface area contributed by atoms with E-state index in [1.165, 1.54) is 4.80 Å². The standard InChI is InChI=1S/C12H12N6O2/c19-10-8-13-12(20)17(10)6-7-18-15-11(14-16-18)9-4-2-1-3-5-9/h1-5H,6-8H2,(H,13,20). The highest BCUT2D eigenvalue weighted by atomic mass is 16.2. The number of hydrogen-bond donors (Lipinski definition) is 1. The Labute approximate surface area is 114 Å². The zero-order valence-electron chi connectivity index (χ0n) is 10.6. The lowest BCUT2D eigenvalue weighted by Crippen LogP contribution is -2.34. The summed E-state index contributed by atoms with van der Waals surface area (Å²) in [5.74, 6) is 0.279. The van der Waals surface area contributed by atoms with Crippen LogP contribution in [-0.2, 0) is 11.3 Å². The van der Waals surface area contributed by atoms with Crippen molar-refractivity contribution in [2.45, 2.75) is 6.54 Å². The third-order valence-corrected chi connectivity index (χ3v) is 2.95. The van der Waals surface area contributed by atoms with E-state index < -0.39 is 0 Å². The Morgan fingerprint density at radius 1 is 1.15 bits per heavy atom. The van der Waals surface area contributed by atoms with E-state index in [0.717, 1.165) is 10.5 Å². The predicted octanol–water partition coefficient (Wildman–Crippen LogP) is -0.108. The zero-order chi connectivity index (χ0) is 13.9. The largest absolute Gasteiger partial charge is 0.329 e. The molecule has 1 saturated heterocycles. The summed E-state index contributed by atoms with van der Waals surface area (Å²) < 4.78 is 0. The SMILES string of the molecule is O=C1CNC(=O)N1CCn1nnc(-c2ccccc2)n1. The van der Waals surface area contributed by atoms with Gasteiger partial charge in [-0.25, -0.2) is 4.79 Å². The van der Waals surface area contributed by atoms with Crippen molar-refractivity contribution >= 4 is 11.9 Å². The fraction of sp³-hybridized carbons (Fsp3) is 0.250. The lowest BCUT2D eigenvalue weighted by Gasteiger charge is -2.10. The Morgan fingerprint density at radius 3 is 2.65 bits per heavy atom. The molecule has 1 aliphatic rings. The van der Waals surface area contributed by atoms with Crippen LogP contribution in [0.4, 0.5) is 4.79 Å². The molecule has 0 saturated carbocycles. The van der Waals surface area contributed by atoms with Crippen LogP contribution in [0.1, 0.15) is 0 Å². The molecule has 0 atom stereocenters. The van der Waals surface area contributed by atoms with Gasteiger partial charge in [-0.05, 0) is 5.21 Å². The number of imide groups is 1. The van der Waals surface area contributed by atoms with Gasteiger partial charge in [0.1, 0.15) is 0 Å². The van der Waals surface area contributed by atoms with E-state index in [2.05, 4.69) is 20.7 Å². The summed E-state index contributed by atoms with van der Waals surface area (Å²) in [5.41, 5.74) is 0.869. The molecule has 1 aliphatic heterocycles. The van der Waals surface area contributed by atoms with Gasteiger partial charge < -0.3 is 5.32 Å². The predicted molar refractivity (Wildman–Crippen MR) is 68.4 cm³/mol. The highest BCUT2D eigenvalue weighted by molar-refractivity contribution is 6.01. The second-order valence-corrected chi connectivity index (χ2v) is 4.28. The van der Waals surface area contributed by atoms with Crippen LogP contribution in [0, 0.1) is 0 Å². The first kappa shape index (κ1) is 12.3. The summed E-state index contributed by atoms with van der Waals surface area (Å²) in [4.78, 5) is 25.3. The van der Waals surface area contributed by atoms with Crippen LogP contribution in [0.25, 0.3) is 11.4 Å². The summed E-state index contributed by atoms with van der Waals surface area (Å²) in [6.07, 6.45) is 0. The first-order valence-electron chi connectivity index (χ1n) is 6.15. The molecule has 0 spiro atoms. The second-order valence-electron chi connectivity index (χ2n) is 4.28. The highest BCUT2D eigenvalue weighted by Gasteiger charge is 2.28. The lowest BCUT2D eigenvalue weighted by atomic mass is 10.2. The molecule has 20 heavy (non-hydrogen) atoms. The van der Waals surface area contributed by atoms with Crippen LogP contribution in [0.3, 0.4) is 0 Å². The van der Waals surface area contributed by atoms with Crippen LogP contribution in [0.2, 0.25) is 0 Å². The van der Waals surface area contributed by atoms with E-state index in [-0.39, 0.29) is 25.0 Å². The number of aromatic nitrogens is 4. The summed E-state index contributed by atoms with van der Waals surface area (Å²) in [6.45, 7) is 0.604. The van der Waals surface area contributed by atoms with Crippen molar-refractivity contribution < 1.29 is 9.59 Å². The van der Waals surface area contributed by atoms with Crippen molar-refractivity contribution in [3.05, 3.63) is 30.3 Å². The van der Waals surface area contributed by atoms with Gasteiger partial charge in [0.15, 0.2) is 0 Å². The number of amides is 3. The van der Waals surface area contributed by atoms with Crippen LogP contribution in [0.15, 0.2) is 30.3 Å². The molecule has 1 N–H and O–H groups in total. The summed E-state index contributed by atoms with van der Waals surface area (Å²) >= 11 is 0. The van der Waals surface area contributed by atoms with Crippen LogP contribution in [0.5, 0.6) is 0 Å². The van der Waals surface area contributed by atoms with Crippen molar-refractivity contribution in [1.29, 1.82) is 0 Å². The minimum atomic E-state index is -0.376. The molecule has 0 radical (unpaired) electrons. The maximum atomic E-state index is 11.4. The van der Waals surface area contributed by atoms with Gasteiger partial charge in [-0.2, -0.15) is 4.80 Å². The first-order valence-corrected chi connectivity index (χ1v) is 6.15. The van der Waals surface area contributed by atoms with E-state index in [1.54, 1.807) is 0 Å². The number of hydrogen-bond acceptors (Lipinski definition) is 5. The number of carbonyl (C=O) groups excluding carboxylic acids is 2. The minimum Gasteiger partial charge on any atom is -0.329 e. The molecule has 2 aromatic rings. The fourth-order valence-corrected chi connectivity index (χ4v) is 1.91. The van der Waals surface area contributed by atoms with Crippen molar-refractivity contribution in [2.24, 2.45) is 0 Å². The number of urea groups is 1. The Hall–Kier alpha value is -2.77. The molecule has 1 fully saturated rings. The maximum absolute atomic E-state index is 11.4. The first-order chi connectivity index (χ1) is 9.74. The maximum Gasteiger partial charge on any atom is 0.324 e. The number of carbonyl (C=O) groups is 2. The summed E-state index contributed by atoms with van der Waals surface area (Å²) in [7, 11) is 0. The van der Waals surface area contributed by atoms with Crippen molar-refractivity contribution in [2.75, 3.05) is 13.1 Å². The van der Waals surface area contributed by atoms with Crippen LogP contribution in [-0.4, -0.2) is 50.1 Å². The van der Waals surface area contributed by atoms with Gasteiger partial charge in [-0.15, -0.1) is 10.2 Å². The van der Waals surface area contributed by atoms with Crippen molar-refractivity contribution in [3.63, 3.8) is 0 Å². The van der Waals surface area contributed by atoms with E-state index in [4.69, 9.17) is 0 Å². The average molecular weight is 272 g/mol. The van der Waals surface area contributed by atoms with Crippen LogP contribution >= 0.6 is 0 Å². The smallest absolute Gasteiger partial charge is 0.324 e. The molecular weight excluding hydrogens is 260 g/mol. The zero-order valence-corrected chi connectivity index (χ0v) is 10.6. The second kappa shape index (κ2) is 5.08. The van der Waals surface area contributed by atoms with Gasteiger partial charge in [-0.3, -0.25) is 9.69 Å². The molecular formula is C12H12N6O2. The summed E-state index contributed by atoms with van der Waals surface area (Å²) in [5, 5.41) is 14.5. The third kappa shape index (κ3) is 2.35. The summed E-state index contributed by atoms with van der Waals surface area (Å²) in [6, 6.07) is 9.09. The highest BCUT2D eigenvalue weighted by Crippen LogP contribution is 2.11. The Bertz CT molecular complexity index is 622. The van der Waals surface area contributed by atoms with Gasteiger partial charge in [0.05, 0.1) is 19.6 Å². The number of nitrogens with zero attached hydrogens (tertiary/aromatic N) is 5. The number of rotatable bonds is 4. The fourth-order valence-electron chi connectivity index (χ4n) is 1.91. The minimum absolute atomic E-state index is 0.0544. The van der Waals surface area contributed by atoms with E-state index in [1.807, 2.05) is 30.3 Å². The quantitative estimate of drug-likeness (QED) is 0.784. The van der Waals surface area contributed by atoms with Gasteiger partial charge >= 0.3 is 6.03 Å². The Morgan fingerprint density at radius 2 is 1.95 bits per heavy atom. The molecule has 0 bridgehead atoms. The number of tetrazole rings is 1.